The Labute approximate surface area is 121 Å². The first-order chi connectivity index (χ1) is 9.70. The van der Waals surface area contributed by atoms with Crippen LogP contribution in [0.25, 0.3) is 0 Å². The molecule has 3 rings (SSSR count). The Kier molecular flexibility index (Phi) is 3.57. The van der Waals surface area contributed by atoms with Gasteiger partial charge in [0.2, 0.25) is 0 Å². The fourth-order valence-corrected chi connectivity index (χ4v) is 3.54. The van der Waals surface area contributed by atoms with Gasteiger partial charge in [0.15, 0.2) is 0 Å². The first kappa shape index (κ1) is 13.3. The molecule has 0 aliphatic heterocycles. The van der Waals surface area contributed by atoms with E-state index in [0.717, 1.165) is 36.1 Å². The van der Waals surface area contributed by atoms with Crippen LogP contribution in [0, 0.1) is 5.82 Å². The second-order valence-corrected chi connectivity index (χ2v) is 6.18. The van der Waals surface area contributed by atoms with Gasteiger partial charge in [0, 0.05) is 0 Å². The smallest absolute Gasteiger partial charge is 0.262 e. The van der Waals surface area contributed by atoms with Gasteiger partial charge < -0.3 is 5.32 Å². The molecule has 1 saturated carbocycles. The Morgan fingerprint density at radius 2 is 1.85 bits per heavy atom. The summed E-state index contributed by atoms with van der Waals surface area (Å²) >= 11 is 1.44. The summed E-state index contributed by atoms with van der Waals surface area (Å²) in [4.78, 5) is 13.1. The second-order valence-electron chi connectivity index (χ2n) is 5.23. The van der Waals surface area contributed by atoms with Crippen LogP contribution < -0.4 is 5.32 Å². The van der Waals surface area contributed by atoms with Crippen molar-refractivity contribution in [2.45, 2.75) is 31.2 Å². The molecule has 1 amide bonds. The molecule has 4 heteroatoms. The maximum absolute atomic E-state index is 13.1. The molecule has 2 aromatic rings. The molecule has 0 atom stereocenters. The molecule has 1 aliphatic rings. The van der Waals surface area contributed by atoms with Gasteiger partial charge in [0.25, 0.3) is 5.91 Å². The van der Waals surface area contributed by atoms with Crippen molar-refractivity contribution in [2.24, 2.45) is 0 Å². The van der Waals surface area contributed by atoms with E-state index in [-0.39, 0.29) is 17.3 Å². The summed E-state index contributed by atoms with van der Waals surface area (Å²) in [7, 11) is 0. The Balaban J connectivity index is 1.88. The third-order valence-corrected chi connectivity index (χ3v) is 4.82. The predicted molar refractivity (Wildman–Crippen MR) is 78.3 cm³/mol. The lowest BCUT2D eigenvalue weighted by molar-refractivity contribution is 0.0902. The zero-order valence-corrected chi connectivity index (χ0v) is 11.9. The number of halogens is 1. The standard InChI is InChI=1S/C16H16FNOS/c17-13-7-5-12(6-8-13)16(9-1-2-10-16)18-15(19)14-4-3-11-20-14/h3-8,11H,1-2,9-10H2,(H,18,19). The highest BCUT2D eigenvalue weighted by Crippen LogP contribution is 2.39. The number of amides is 1. The number of benzene rings is 1. The average molecular weight is 289 g/mol. The van der Waals surface area contributed by atoms with Crippen molar-refractivity contribution in [3.05, 3.63) is 58.0 Å². The largest absolute Gasteiger partial charge is 0.342 e. The molecular weight excluding hydrogens is 273 g/mol. The van der Waals surface area contributed by atoms with Crippen molar-refractivity contribution in [2.75, 3.05) is 0 Å². The van der Waals surface area contributed by atoms with Crippen molar-refractivity contribution >= 4 is 17.2 Å². The Morgan fingerprint density at radius 1 is 1.15 bits per heavy atom. The van der Waals surface area contributed by atoms with E-state index in [1.54, 1.807) is 12.1 Å². The molecule has 104 valence electrons. The summed E-state index contributed by atoms with van der Waals surface area (Å²) in [6.45, 7) is 0. The molecule has 0 bridgehead atoms. The first-order valence-electron chi connectivity index (χ1n) is 6.82. The third-order valence-electron chi connectivity index (χ3n) is 3.95. The van der Waals surface area contributed by atoms with E-state index in [2.05, 4.69) is 5.32 Å². The van der Waals surface area contributed by atoms with Crippen LogP contribution in [-0.4, -0.2) is 5.91 Å². The fourth-order valence-electron chi connectivity index (χ4n) is 2.92. The van der Waals surface area contributed by atoms with Crippen LogP contribution in [0.2, 0.25) is 0 Å². The van der Waals surface area contributed by atoms with Gasteiger partial charge in [-0.25, -0.2) is 4.39 Å². The first-order valence-corrected chi connectivity index (χ1v) is 7.70. The van der Waals surface area contributed by atoms with Gasteiger partial charge in [-0.1, -0.05) is 31.0 Å². The molecule has 0 spiro atoms. The summed E-state index contributed by atoms with van der Waals surface area (Å²) in [5, 5.41) is 5.08. The molecule has 1 heterocycles. The van der Waals surface area contributed by atoms with E-state index in [0.29, 0.717) is 0 Å². The van der Waals surface area contributed by atoms with Gasteiger partial charge in [-0.3, -0.25) is 4.79 Å². The van der Waals surface area contributed by atoms with Crippen molar-refractivity contribution < 1.29 is 9.18 Å². The van der Waals surface area contributed by atoms with Crippen LogP contribution in [0.1, 0.15) is 40.9 Å². The van der Waals surface area contributed by atoms with Crippen LogP contribution in [0.15, 0.2) is 41.8 Å². The minimum absolute atomic E-state index is 0.0359. The molecule has 2 nitrogen and oxygen atoms in total. The van der Waals surface area contributed by atoms with E-state index in [9.17, 15) is 9.18 Å². The lowest BCUT2D eigenvalue weighted by Gasteiger charge is -2.31. The number of hydrogen-bond donors (Lipinski definition) is 1. The highest BCUT2D eigenvalue weighted by Gasteiger charge is 2.37. The SMILES string of the molecule is O=C(NC1(c2ccc(F)cc2)CCCC1)c1cccs1. The van der Waals surface area contributed by atoms with E-state index in [4.69, 9.17) is 0 Å². The molecule has 1 N–H and O–H groups in total. The maximum atomic E-state index is 13.1. The summed E-state index contributed by atoms with van der Waals surface area (Å²) < 4.78 is 13.1. The lowest BCUT2D eigenvalue weighted by Crippen LogP contribution is -2.43. The number of hydrogen-bond acceptors (Lipinski definition) is 2. The Bertz CT molecular complexity index is 585. The molecule has 1 fully saturated rings. The van der Waals surface area contributed by atoms with Gasteiger partial charge in [0.05, 0.1) is 10.4 Å². The highest BCUT2D eigenvalue weighted by atomic mass is 32.1. The highest BCUT2D eigenvalue weighted by molar-refractivity contribution is 7.12. The van der Waals surface area contributed by atoms with E-state index >= 15 is 0 Å². The predicted octanol–water partition coefficient (Wildman–Crippen LogP) is 4.09. The van der Waals surface area contributed by atoms with Gasteiger partial charge in [-0.05, 0) is 42.0 Å². The molecule has 0 saturated heterocycles. The van der Waals surface area contributed by atoms with E-state index in [1.165, 1.54) is 23.5 Å². The molecule has 0 unspecified atom stereocenters. The third kappa shape index (κ3) is 2.48. The summed E-state index contributed by atoms with van der Waals surface area (Å²) in [5.41, 5.74) is 0.663. The Morgan fingerprint density at radius 3 is 2.45 bits per heavy atom. The Hall–Kier alpha value is -1.68. The number of carbonyl (C=O) groups is 1. The van der Waals surface area contributed by atoms with Crippen LogP contribution in [-0.2, 0) is 5.54 Å². The zero-order valence-electron chi connectivity index (χ0n) is 11.1. The van der Waals surface area contributed by atoms with Gasteiger partial charge in [-0.15, -0.1) is 11.3 Å². The summed E-state index contributed by atoms with van der Waals surface area (Å²) in [6.07, 6.45) is 4.00. The quantitative estimate of drug-likeness (QED) is 0.906. The minimum atomic E-state index is -0.339. The normalized spacial score (nSPS) is 17.1. The van der Waals surface area contributed by atoms with Gasteiger partial charge >= 0.3 is 0 Å². The van der Waals surface area contributed by atoms with Crippen molar-refractivity contribution in [1.82, 2.24) is 5.32 Å². The lowest BCUT2D eigenvalue weighted by atomic mass is 9.88. The van der Waals surface area contributed by atoms with Crippen molar-refractivity contribution in [3.63, 3.8) is 0 Å². The zero-order chi connectivity index (χ0) is 14.0. The van der Waals surface area contributed by atoms with Gasteiger partial charge in [-0.2, -0.15) is 0 Å². The number of rotatable bonds is 3. The van der Waals surface area contributed by atoms with Gasteiger partial charge in [0.1, 0.15) is 5.82 Å². The van der Waals surface area contributed by atoms with Crippen LogP contribution in [0.4, 0.5) is 4.39 Å². The molecule has 1 aliphatic carbocycles. The van der Waals surface area contributed by atoms with E-state index < -0.39 is 0 Å². The van der Waals surface area contributed by atoms with Crippen molar-refractivity contribution in [1.29, 1.82) is 0 Å². The topological polar surface area (TPSA) is 29.1 Å². The summed E-state index contributed by atoms with van der Waals surface area (Å²) in [5.74, 6) is -0.280. The molecule has 1 aromatic heterocycles. The summed E-state index contributed by atoms with van der Waals surface area (Å²) in [6, 6.07) is 10.2. The van der Waals surface area contributed by atoms with Crippen LogP contribution in [0.3, 0.4) is 0 Å². The number of nitrogens with one attached hydrogen (secondary N) is 1. The molecule has 0 radical (unpaired) electrons. The minimum Gasteiger partial charge on any atom is -0.342 e. The number of thiophene rings is 1. The monoisotopic (exact) mass is 289 g/mol. The van der Waals surface area contributed by atoms with Crippen LogP contribution >= 0.6 is 11.3 Å². The average Bonchev–Trinajstić information content (AvgIpc) is 3.10. The van der Waals surface area contributed by atoms with Crippen molar-refractivity contribution in [3.8, 4) is 0 Å². The fraction of sp³-hybridized carbons (Fsp3) is 0.312. The molecular formula is C16H16FNOS. The van der Waals surface area contributed by atoms with E-state index in [1.807, 2.05) is 17.5 Å². The maximum Gasteiger partial charge on any atom is 0.262 e. The molecule has 20 heavy (non-hydrogen) atoms. The second kappa shape index (κ2) is 5.37. The number of carbonyl (C=O) groups excluding carboxylic acids is 1. The van der Waals surface area contributed by atoms with Crippen LogP contribution in [0.5, 0.6) is 0 Å². The molecule has 1 aromatic carbocycles.